The molecule has 1 aromatic rings. The van der Waals surface area contributed by atoms with Gasteiger partial charge in [0.05, 0.1) is 18.2 Å². The molecule has 0 aliphatic heterocycles. The molecule has 1 N–H and O–H groups in total. The third kappa shape index (κ3) is 2.25. The van der Waals surface area contributed by atoms with Crippen LogP contribution >= 0.6 is 0 Å². The van der Waals surface area contributed by atoms with Crippen LogP contribution in [0.1, 0.15) is 12.8 Å². The highest BCUT2D eigenvalue weighted by Gasteiger charge is 2.51. The largest absolute Gasteiger partial charge is 0.495 e. The maximum atomic E-state index is 13.3. The molecule has 1 fully saturated rings. The fourth-order valence-electron chi connectivity index (χ4n) is 2.09. The van der Waals surface area contributed by atoms with Gasteiger partial charge in [0.25, 0.3) is 0 Å². The van der Waals surface area contributed by atoms with Crippen molar-refractivity contribution in [3.8, 4) is 5.75 Å². The van der Waals surface area contributed by atoms with Gasteiger partial charge in [-0.2, -0.15) is 0 Å². The Morgan fingerprint density at radius 3 is 2.72 bits per heavy atom. The van der Waals surface area contributed by atoms with Crippen molar-refractivity contribution in [3.05, 3.63) is 24.0 Å². The normalized spacial score (nSPS) is 16.2. The second-order valence-electron chi connectivity index (χ2n) is 4.76. The molecule has 1 saturated carbocycles. The molecular weight excluding hydrogens is 237 g/mol. The molecule has 4 nitrogen and oxygen atoms in total. The van der Waals surface area contributed by atoms with Crippen molar-refractivity contribution < 1.29 is 19.0 Å². The van der Waals surface area contributed by atoms with E-state index in [9.17, 15) is 9.18 Å². The number of ether oxygens (including phenoxy) is 1. The number of hydrogen-bond donors (Lipinski definition) is 1. The van der Waals surface area contributed by atoms with E-state index in [0.29, 0.717) is 30.8 Å². The molecule has 0 aromatic heterocycles. The Balaban J connectivity index is 2.21. The number of hydrogen-bond acceptors (Lipinski definition) is 3. The van der Waals surface area contributed by atoms with Gasteiger partial charge in [0.1, 0.15) is 11.6 Å². The number of methoxy groups -OCH3 is 1. The highest BCUT2D eigenvalue weighted by atomic mass is 19.1. The Kier molecular flexibility index (Phi) is 3.15. The number of carboxylic acid groups (broad SMARTS) is 1. The van der Waals surface area contributed by atoms with Gasteiger partial charge in [-0.25, -0.2) is 4.39 Å². The van der Waals surface area contributed by atoms with Crippen molar-refractivity contribution in [1.29, 1.82) is 0 Å². The standard InChI is InChI=1S/C13H16FNO3/c1-15(8-13(5-6-13)12(16)17)10-7-9(14)3-4-11(10)18-2/h3-4,7H,5-6,8H2,1-2H3,(H,16,17). The molecule has 1 aromatic carbocycles. The Labute approximate surface area is 105 Å². The lowest BCUT2D eigenvalue weighted by molar-refractivity contribution is -0.142. The third-order valence-electron chi connectivity index (χ3n) is 3.40. The lowest BCUT2D eigenvalue weighted by Gasteiger charge is -2.24. The molecule has 5 heteroatoms. The van der Waals surface area contributed by atoms with Crippen molar-refractivity contribution in [2.24, 2.45) is 5.41 Å². The van der Waals surface area contributed by atoms with Gasteiger partial charge in [-0.3, -0.25) is 4.79 Å². The van der Waals surface area contributed by atoms with Gasteiger partial charge in [0, 0.05) is 19.7 Å². The van der Waals surface area contributed by atoms with Gasteiger partial charge < -0.3 is 14.7 Å². The van der Waals surface area contributed by atoms with Gasteiger partial charge in [-0.05, 0) is 25.0 Å². The van der Waals surface area contributed by atoms with Crippen LogP contribution in [-0.4, -0.2) is 31.8 Å². The molecule has 98 valence electrons. The summed E-state index contributed by atoms with van der Waals surface area (Å²) in [5.41, 5.74) is -0.100. The number of benzene rings is 1. The van der Waals surface area contributed by atoms with Crippen LogP contribution in [0.2, 0.25) is 0 Å². The van der Waals surface area contributed by atoms with Gasteiger partial charge >= 0.3 is 5.97 Å². The summed E-state index contributed by atoms with van der Waals surface area (Å²) in [6, 6.07) is 4.22. The molecule has 0 heterocycles. The van der Waals surface area contributed by atoms with Crippen LogP contribution in [0, 0.1) is 11.2 Å². The average molecular weight is 253 g/mol. The summed E-state index contributed by atoms with van der Waals surface area (Å²) in [6.07, 6.45) is 1.34. The number of rotatable bonds is 5. The number of carbonyl (C=O) groups is 1. The minimum atomic E-state index is -0.787. The molecule has 0 amide bonds. The quantitative estimate of drug-likeness (QED) is 0.873. The lowest BCUT2D eigenvalue weighted by atomic mass is 10.1. The first-order chi connectivity index (χ1) is 8.48. The summed E-state index contributed by atoms with van der Waals surface area (Å²) in [6.45, 7) is 0.363. The fourth-order valence-corrected chi connectivity index (χ4v) is 2.09. The molecule has 0 bridgehead atoms. The predicted molar refractivity (Wildman–Crippen MR) is 65.5 cm³/mol. The molecule has 1 aliphatic rings. The molecule has 0 unspecified atom stereocenters. The van der Waals surface area contributed by atoms with E-state index in [2.05, 4.69) is 0 Å². The first kappa shape index (κ1) is 12.7. The highest BCUT2D eigenvalue weighted by molar-refractivity contribution is 5.79. The Morgan fingerprint density at radius 1 is 1.56 bits per heavy atom. The molecule has 0 spiro atoms. The van der Waals surface area contributed by atoms with E-state index < -0.39 is 11.4 Å². The van der Waals surface area contributed by atoms with Gasteiger partial charge in [-0.1, -0.05) is 0 Å². The molecule has 0 saturated heterocycles. The van der Waals surface area contributed by atoms with E-state index in [4.69, 9.17) is 9.84 Å². The zero-order valence-corrected chi connectivity index (χ0v) is 10.4. The Morgan fingerprint density at radius 2 is 2.22 bits per heavy atom. The van der Waals surface area contributed by atoms with Crippen LogP contribution in [-0.2, 0) is 4.79 Å². The number of anilines is 1. The van der Waals surface area contributed by atoms with Crippen LogP contribution in [0.15, 0.2) is 18.2 Å². The lowest BCUT2D eigenvalue weighted by Crippen LogP contribution is -2.32. The molecule has 2 rings (SSSR count). The van der Waals surface area contributed by atoms with E-state index in [-0.39, 0.29) is 5.82 Å². The molecule has 0 radical (unpaired) electrons. The number of carboxylic acids is 1. The van der Waals surface area contributed by atoms with Crippen molar-refractivity contribution >= 4 is 11.7 Å². The topological polar surface area (TPSA) is 49.8 Å². The monoisotopic (exact) mass is 253 g/mol. The SMILES string of the molecule is COc1ccc(F)cc1N(C)CC1(C(=O)O)CC1. The Bertz CT molecular complexity index is 471. The highest BCUT2D eigenvalue weighted by Crippen LogP contribution is 2.47. The summed E-state index contributed by atoms with van der Waals surface area (Å²) in [7, 11) is 3.26. The van der Waals surface area contributed by atoms with Gasteiger partial charge in [-0.15, -0.1) is 0 Å². The number of halogens is 1. The summed E-state index contributed by atoms with van der Waals surface area (Å²) in [4.78, 5) is 12.9. The van der Waals surface area contributed by atoms with E-state index in [0.717, 1.165) is 0 Å². The van der Waals surface area contributed by atoms with Crippen LogP contribution < -0.4 is 9.64 Å². The molecular formula is C13H16FNO3. The average Bonchev–Trinajstić information content (AvgIpc) is 3.10. The van der Waals surface area contributed by atoms with Crippen LogP contribution in [0.5, 0.6) is 5.75 Å². The minimum absolute atomic E-state index is 0.363. The summed E-state index contributed by atoms with van der Waals surface area (Å²) in [5.74, 6) is -0.609. The Hall–Kier alpha value is -1.78. The number of nitrogens with zero attached hydrogens (tertiary/aromatic N) is 1. The molecule has 18 heavy (non-hydrogen) atoms. The van der Waals surface area contributed by atoms with Crippen molar-refractivity contribution in [1.82, 2.24) is 0 Å². The fraction of sp³-hybridized carbons (Fsp3) is 0.462. The zero-order valence-electron chi connectivity index (χ0n) is 10.4. The summed E-state index contributed by atoms with van der Waals surface area (Å²) in [5, 5.41) is 9.15. The first-order valence-electron chi connectivity index (χ1n) is 5.76. The van der Waals surface area contributed by atoms with Crippen LogP contribution in [0.4, 0.5) is 10.1 Å². The summed E-state index contributed by atoms with van der Waals surface area (Å²) >= 11 is 0. The zero-order chi connectivity index (χ0) is 13.3. The smallest absolute Gasteiger partial charge is 0.311 e. The van der Waals surface area contributed by atoms with E-state index in [1.807, 2.05) is 0 Å². The van der Waals surface area contributed by atoms with Gasteiger partial charge in [0.2, 0.25) is 0 Å². The van der Waals surface area contributed by atoms with Crippen molar-refractivity contribution in [2.75, 3.05) is 25.6 Å². The van der Waals surface area contributed by atoms with Crippen LogP contribution in [0.25, 0.3) is 0 Å². The van der Waals surface area contributed by atoms with Crippen molar-refractivity contribution in [2.45, 2.75) is 12.8 Å². The van der Waals surface area contributed by atoms with E-state index >= 15 is 0 Å². The number of aliphatic carboxylic acids is 1. The first-order valence-corrected chi connectivity index (χ1v) is 5.76. The second kappa shape index (κ2) is 4.48. The van der Waals surface area contributed by atoms with E-state index in [1.165, 1.54) is 19.2 Å². The summed E-state index contributed by atoms with van der Waals surface area (Å²) < 4.78 is 18.4. The maximum absolute atomic E-state index is 13.3. The second-order valence-corrected chi connectivity index (χ2v) is 4.76. The molecule has 1 aliphatic carbocycles. The maximum Gasteiger partial charge on any atom is 0.311 e. The van der Waals surface area contributed by atoms with E-state index in [1.54, 1.807) is 18.0 Å². The minimum Gasteiger partial charge on any atom is -0.495 e. The van der Waals surface area contributed by atoms with Crippen molar-refractivity contribution in [3.63, 3.8) is 0 Å². The predicted octanol–water partition coefficient (Wildman–Crippen LogP) is 2.14. The third-order valence-corrected chi connectivity index (χ3v) is 3.40. The van der Waals surface area contributed by atoms with Crippen LogP contribution in [0.3, 0.4) is 0 Å². The molecule has 0 atom stereocenters. The van der Waals surface area contributed by atoms with Gasteiger partial charge in [0.15, 0.2) is 0 Å².